The van der Waals surface area contributed by atoms with Crippen LogP contribution < -0.4 is 5.32 Å². The van der Waals surface area contributed by atoms with Crippen LogP contribution in [0.3, 0.4) is 0 Å². The second-order valence-corrected chi connectivity index (χ2v) is 8.03. The number of carbonyl (C=O) groups is 1. The van der Waals surface area contributed by atoms with Gasteiger partial charge in [0.2, 0.25) is 0 Å². The van der Waals surface area contributed by atoms with Crippen molar-refractivity contribution in [2.45, 2.75) is 33.5 Å². The number of rotatable bonds is 2. The Morgan fingerprint density at radius 3 is 2.41 bits per heavy atom. The smallest absolute Gasteiger partial charge is 0.252 e. The maximum Gasteiger partial charge on any atom is 0.252 e. The van der Waals surface area contributed by atoms with E-state index in [-0.39, 0.29) is 5.91 Å². The van der Waals surface area contributed by atoms with Crippen molar-refractivity contribution >= 4 is 61.1 Å². The fraction of sp³-hybridized carbons (Fsp3) is 0.208. The van der Waals surface area contributed by atoms with Gasteiger partial charge in [-0.05, 0) is 31.5 Å². The van der Waals surface area contributed by atoms with Crippen LogP contribution in [0.2, 0.25) is 5.02 Å². The van der Waals surface area contributed by atoms with Gasteiger partial charge in [0.15, 0.2) is 0 Å². The second-order valence-electron chi connectivity index (χ2n) is 7.63. The minimum atomic E-state index is 0.00959. The summed E-state index contributed by atoms with van der Waals surface area (Å²) < 4.78 is 4.67. The zero-order valence-corrected chi connectivity index (χ0v) is 17.1. The van der Waals surface area contributed by atoms with E-state index in [1.165, 1.54) is 21.8 Å². The molecular formula is C24H20ClN3O. The molecule has 0 saturated carbocycles. The van der Waals surface area contributed by atoms with Gasteiger partial charge in [-0.15, -0.1) is 0 Å². The fourth-order valence-electron chi connectivity index (χ4n) is 5.33. The van der Waals surface area contributed by atoms with E-state index in [2.05, 4.69) is 58.6 Å². The molecule has 1 aliphatic heterocycles. The zero-order chi connectivity index (χ0) is 19.9. The molecule has 4 nitrogen and oxygen atoms in total. The Hall–Kier alpha value is -2.98. The lowest BCUT2D eigenvalue weighted by Gasteiger charge is -2.11. The molecule has 0 fully saturated rings. The van der Waals surface area contributed by atoms with E-state index in [0.717, 1.165) is 51.0 Å². The minimum Gasteiger partial charge on any atom is -0.348 e. The lowest BCUT2D eigenvalue weighted by Crippen LogP contribution is -2.12. The summed E-state index contributed by atoms with van der Waals surface area (Å²) in [5.74, 6) is 0.00959. The largest absolute Gasteiger partial charge is 0.348 e. The molecule has 0 saturated heterocycles. The van der Waals surface area contributed by atoms with E-state index >= 15 is 0 Å². The highest BCUT2D eigenvalue weighted by Crippen LogP contribution is 2.45. The first-order valence-electron chi connectivity index (χ1n) is 10.1. The number of aromatic nitrogens is 2. The van der Waals surface area contributed by atoms with Gasteiger partial charge in [-0.1, -0.05) is 41.9 Å². The van der Waals surface area contributed by atoms with Gasteiger partial charge in [0.1, 0.15) is 0 Å². The SMILES string of the molecule is CCn1c2ccccc2c2c3c(c4c5cccc(Cl)c5n(CC)c4c21)C(=O)NC3. The number of hydrogen-bond donors (Lipinski definition) is 1. The van der Waals surface area contributed by atoms with Crippen LogP contribution in [0.15, 0.2) is 42.5 Å². The van der Waals surface area contributed by atoms with Gasteiger partial charge in [0, 0.05) is 46.7 Å². The van der Waals surface area contributed by atoms with E-state index in [9.17, 15) is 4.79 Å². The number of benzene rings is 3. The van der Waals surface area contributed by atoms with E-state index in [0.29, 0.717) is 6.54 Å². The molecule has 2 aromatic heterocycles. The highest BCUT2D eigenvalue weighted by Gasteiger charge is 2.31. The van der Waals surface area contributed by atoms with Crippen molar-refractivity contribution in [1.82, 2.24) is 14.5 Å². The number of nitrogens with one attached hydrogen (secondary N) is 1. The highest BCUT2D eigenvalue weighted by atomic mass is 35.5. The number of halogens is 1. The lowest BCUT2D eigenvalue weighted by molar-refractivity contribution is 0.0967. The normalized spacial score (nSPS) is 13.8. The van der Waals surface area contributed by atoms with Crippen molar-refractivity contribution in [1.29, 1.82) is 0 Å². The number of carbonyl (C=O) groups excluding carboxylic acids is 1. The van der Waals surface area contributed by atoms with Gasteiger partial charge >= 0.3 is 0 Å². The number of para-hydroxylation sites is 2. The van der Waals surface area contributed by atoms with Crippen LogP contribution in [0.5, 0.6) is 0 Å². The first kappa shape index (κ1) is 16.9. The summed E-state index contributed by atoms with van der Waals surface area (Å²) in [5.41, 5.74) is 6.45. The molecule has 5 aromatic rings. The Kier molecular flexibility index (Phi) is 3.37. The number of hydrogen-bond acceptors (Lipinski definition) is 1. The predicted molar refractivity (Wildman–Crippen MR) is 120 cm³/mol. The number of amides is 1. The Labute approximate surface area is 172 Å². The summed E-state index contributed by atoms with van der Waals surface area (Å²) in [6.07, 6.45) is 0. The Bertz CT molecular complexity index is 1510. The molecule has 0 spiro atoms. The van der Waals surface area contributed by atoms with Crippen molar-refractivity contribution < 1.29 is 4.79 Å². The molecule has 1 N–H and O–H groups in total. The third-order valence-corrected chi connectivity index (χ3v) is 6.67. The Morgan fingerprint density at radius 2 is 1.62 bits per heavy atom. The maximum atomic E-state index is 13.0. The van der Waals surface area contributed by atoms with Gasteiger partial charge in [-0.2, -0.15) is 0 Å². The van der Waals surface area contributed by atoms with Crippen LogP contribution >= 0.6 is 11.6 Å². The zero-order valence-electron chi connectivity index (χ0n) is 16.3. The van der Waals surface area contributed by atoms with Crippen LogP contribution in [0.25, 0.3) is 43.6 Å². The first-order chi connectivity index (χ1) is 14.2. The summed E-state index contributed by atoms with van der Waals surface area (Å²) >= 11 is 6.68. The molecule has 0 radical (unpaired) electrons. The monoisotopic (exact) mass is 401 g/mol. The molecule has 0 aliphatic carbocycles. The summed E-state index contributed by atoms with van der Waals surface area (Å²) in [5, 5.41) is 8.28. The van der Waals surface area contributed by atoms with Gasteiger partial charge in [0.25, 0.3) is 5.91 Å². The third-order valence-electron chi connectivity index (χ3n) is 6.37. The third kappa shape index (κ3) is 1.92. The van der Waals surface area contributed by atoms with Gasteiger partial charge in [0.05, 0.1) is 27.1 Å². The van der Waals surface area contributed by atoms with Crippen LogP contribution in [0.1, 0.15) is 29.8 Å². The topological polar surface area (TPSA) is 39.0 Å². The second kappa shape index (κ2) is 5.77. The molecule has 3 aromatic carbocycles. The van der Waals surface area contributed by atoms with Crippen molar-refractivity contribution in [2.75, 3.05) is 0 Å². The molecule has 1 aliphatic rings. The molecule has 144 valence electrons. The van der Waals surface area contributed by atoms with Gasteiger partial charge in [-0.25, -0.2) is 0 Å². The van der Waals surface area contributed by atoms with Crippen LogP contribution in [-0.4, -0.2) is 15.0 Å². The van der Waals surface area contributed by atoms with Crippen molar-refractivity contribution in [3.63, 3.8) is 0 Å². The molecule has 29 heavy (non-hydrogen) atoms. The molecule has 0 bridgehead atoms. The van der Waals surface area contributed by atoms with E-state index < -0.39 is 0 Å². The molecule has 0 atom stereocenters. The molecule has 5 heteroatoms. The summed E-state index contributed by atoms with van der Waals surface area (Å²) in [6, 6.07) is 14.5. The fourth-order valence-corrected chi connectivity index (χ4v) is 5.60. The van der Waals surface area contributed by atoms with E-state index in [1.54, 1.807) is 0 Å². The van der Waals surface area contributed by atoms with Crippen molar-refractivity contribution in [2.24, 2.45) is 0 Å². The molecule has 3 heterocycles. The standard InChI is InChI=1S/C24H20ClN3O/c1-3-27-17-11-6-5-8-13(17)18-15-12-26-24(29)20(15)19-14-9-7-10-16(25)21(14)28(4-2)23(19)22(18)27/h5-11H,3-4,12H2,1-2H3,(H,26,29). The van der Waals surface area contributed by atoms with Crippen molar-refractivity contribution in [3.05, 3.63) is 58.6 Å². The molecular weight excluding hydrogens is 382 g/mol. The predicted octanol–water partition coefficient (Wildman–Crippen LogP) is 5.84. The number of fused-ring (bicyclic) bond motifs is 10. The molecule has 6 rings (SSSR count). The number of aryl methyl sites for hydroxylation is 2. The van der Waals surface area contributed by atoms with Crippen molar-refractivity contribution in [3.8, 4) is 0 Å². The minimum absolute atomic E-state index is 0.00959. The van der Waals surface area contributed by atoms with Crippen LogP contribution in [0.4, 0.5) is 0 Å². The average Bonchev–Trinajstić information content (AvgIpc) is 3.37. The Morgan fingerprint density at radius 1 is 0.897 bits per heavy atom. The lowest BCUT2D eigenvalue weighted by atomic mass is 9.97. The quantitative estimate of drug-likeness (QED) is 0.396. The summed E-state index contributed by atoms with van der Waals surface area (Å²) in [7, 11) is 0. The molecule has 1 amide bonds. The van der Waals surface area contributed by atoms with Crippen LogP contribution in [-0.2, 0) is 19.6 Å². The number of nitrogens with zero attached hydrogens (tertiary/aromatic N) is 2. The first-order valence-corrected chi connectivity index (χ1v) is 10.5. The van der Waals surface area contributed by atoms with E-state index in [4.69, 9.17) is 11.6 Å². The van der Waals surface area contributed by atoms with E-state index in [1.807, 2.05) is 12.1 Å². The summed E-state index contributed by atoms with van der Waals surface area (Å²) in [4.78, 5) is 13.0. The van der Waals surface area contributed by atoms with Gasteiger partial charge < -0.3 is 14.5 Å². The highest BCUT2D eigenvalue weighted by molar-refractivity contribution is 6.38. The van der Waals surface area contributed by atoms with Gasteiger partial charge in [-0.3, -0.25) is 4.79 Å². The van der Waals surface area contributed by atoms with Crippen LogP contribution in [0, 0.1) is 0 Å². The maximum absolute atomic E-state index is 13.0. The Balaban J connectivity index is 2.06. The summed E-state index contributed by atoms with van der Waals surface area (Å²) in [6.45, 7) is 6.53. The average molecular weight is 402 g/mol. The molecule has 0 unspecified atom stereocenters.